The number of carbonyl (C=O) groups is 3. The van der Waals surface area contributed by atoms with Crippen molar-refractivity contribution in [3.63, 3.8) is 0 Å². The van der Waals surface area contributed by atoms with E-state index in [1.54, 1.807) is 0 Å². The van der Waals surface area contributed by atoms with Crippen LogP contribution < -0.4 is 0 Å². The highest BCUT2D eigenvalue weighted by Crippen LogP contribution is 2.21. The molecule has 0 aliphatic carbocycles. The van der Waals surface area contributed by atoms with Gasteiger partial charge in [0.15, 0.2) is 6.29 Å². The van der Waals surface area contributed by atoms with Gasteiger partial charge in [-0.15, -0.1) is 0 Å². The number of aldehydes is 1. The zero-order chi connectivity index (χ0) is 16.9. The number of esters is 2. The second-order valence-corrected chi connectivity index (χ2v) is 6.38. The molecule has 0 saturated carbocycles. The molecule has 0 bridgehead atoms. The lowest BCUT2D eigenvalue weighted by atomic mass is 10.0. The Hall–Kier alpha value is -2.16. The van der Waals surface area contributed by atoms with Crippen LogP contribution in [-0.2, 0) is 41.9 Å². The first-order chi connectivity index (χ1) is 10.2. The standard InChI is InChI=1S/C13H17NO7S/c1-20-12(16)5-4-9-7-14(22(3,18)19)11(8-15)10(9)6-13(17)21-2/h7-8H,4-6H2,1-3H3. The van der Waals surface area contributed by atoms with Gasteiger partial charge in [-0.2, -0.15) is 0 Å². The minimum absolute atomic E-state index is 0.00323. The number of hydrogen-bond acceptors (Lipinski definition) is 7. The number of methoxy groups -OCH3 is 2. The van der Waals surface area contributed by atoms with Gasteiger partial charge in [0.1, 0.15) is 5.69 Å². The summed E-state index contributed by atoms with van der Waals surface area (Å²) in [4.78, 5) is 33.9. The van der Waals surface area contributed by atoms with Crippen molar-refractivity contribution in [2.45, 2.75) is 19.3 Å². The number of nitrogens with zero attached hydrogens (tertiary/aromatic N) is 1. The number of carbonyl (C=O) groups excluding carboxylic acids is 3. The van der Waals surface area contributed by atoms with Gasteiger partial charge in [-0.3, -0.25) is 14.4 Å². The second-order valence-electron chi connectivity index (χ2n) is 4.52. The third-order valence-corrected chi connectivity index (χ3v) is 4.07. The predicted octanol–water partition coefficient (Wildman–Crippen LogP) is -0.0706. The fourth-order valence-electron chi connectivity index (χ4n) is 1.96. The molecule has 0 aliphatic heterocycles. The molecular formula is C13H17NO7S. The molecule has 1 aromatic rings. The van der Waals surface area contributed by atoms with Crippen LogP contribution in [0.3, 0.4) is 0 Å². The summed E-state index contributed by atoms with van der Waals surface area (Å²) >= 11 is 0. The average molecular weight is 331 g/mol. The average Bonchev–Trinajstić information content (AvgIpc) is 2.82. The van der Waals surface area contributed by atoms with E-state index in [1.807, 2.05) is 0 Å². The molecule has 0 aliphatic rings. The smallest absolute Gasteiger partial charge is 0.310 e. The Labute approximate surface area is 128 Å². The second kappa shape index (κ2) is 7.21. The molecule has 0 unspecified atom stereocenters. The van der Waals surface area contributed by atoms with Crippen LogP contribution in [0.4, 0.5) is 0 Å². The van der Waals surface area contributed by atoms with E-state index >= 15 is 0 Å². The third kappa shape index (κ3) is 4.17. The van der Waals surface area contributed by atoms with Gasteiger partial charge in [-0.25, -0.2) is 12.4 Å². The summed E-state index contributed by atoms with van der Waals surface area (Å²) in [7, 11) is -1.30. The quantitative estimate of drug-likeness (QED) is 0.508. The first-order valence-corrected chi connectivity index (χ1v) is 8.11. The number of aryl methyl sites for hydroxylation is 1. The van der Waals surface area contributed by atoms with Crippen molar-refractivity contribution >= 4 is 28.2 Å². The Kier molecular flexibility index (Phi) is 5.86. The molecule has 1 rings (SSSR count). The maximum absolute atomic E-state index is 11.7. The summed E-state index contributed by atoms with van der Waals surface area (Å²) in [6.07, 6.45) is 2.41. The van der Waals surface area contributed by atoms with E-state index in [9.17, 15) is 22.8 Å². The molecule has 122 valence electrons. The van der Waals surface area contributed by atoms with E-state index in [-0.39, 0.29) is 30.5 Å². The van der Waals surface area contributed by atoms with Crippen molar-refractivity contribution in [3.8, 4) is 0 Å². The molecular weight excluding hydrogens is 314 g/mol. The van der Waals surface area contributed by atoms with Crippen LogP contribution in [0, 0.1) is 0 Å². The van der Waals surface area contributed by atoms with Crippen LogP contribution >= 0.6 is 0 Å². The molecule has 9 heteroatoms. The molecule has 1 heterocycles. The monoisotopic (exact) mass is 331 g/mol. The highest BCUT2D eigenvalue weighted by atomic mass is 32.2. The van der Waals surface area contributed by atoms with Crippen molar-refractivity contribution in [2.75, 3.05) is 20.5 Å². The summed E-state index contributed by atoms with van der Waals surface area (Å²) in [6.45, 7) is 0. The molecule has 0 saturated heterocycles. The van der Waals surface area contributed by atoms with Gasteiger partial charge in [0, 0.05) is 12.6 Å². The van der Waals surface area contributed by atoms with E-state index in [1.165, 1.54) is 20.4 Å². The van der Waals surface area contributed by atoms with Crippen LogP contribution in [0.15, 0.2) is 6.20 Å². The molecule has 22 heavy (non-hydrogen) atoms. The Morgan fingerprint density at radius 2 is 1.82 bits per heavy atom. The van der Waals surface area contributed by atoms with E-state index < -0.39 is 22.0 Å². The summed E-state index contributed by atoms with van der Waals surface area (Å²) in [6, 6.07) is 0. The SMILES string of the molecule is COC(=O)CCc1cn(S(C)(=O)=O)c(C=O)c1CC(=O)OC. The van der Waals surface area contributed by atoms with Crippen molar-refractivity contribution < 1.29 is 32.3 Å². The van der Waals surface area contributed by atoms with Crippen LogP contribution in [-0.4, -0.2) is 51.1 Å². The van der Waals surface area contributed by atoms with Crippen LogP contribution in [0.2, 0.25) is 0 Å². The highest BCUT2D eigenvalue weighted by Gasteiger charge is 2.23. The number of ether oxygens (including phenoxy) is 2. The minimum Gasteiger partial charge on any atom is -0.469 e. The van der Waals surface area contributed by atoms with Gasteiger partial charge in [0.2, 0.25) is 10.0 Å². The highest BCUT2D eigenvalue weighted by molar-refractivity contribution is 7.89. The molecule has 0 amide bonds. The first kappa shape index (κ1) is 17.9. The third-order valence-electron chi connectivity index (χ3n) is 3.05. The van der Waals surface area contributed by atoms with E-state index in [2.05, 4.69) is 9.47 Å². The lowest BCUT2D eigenvalue weighted by Gasteiger charge is -2.04. The van der Waals surface area contributed by atoms with Gasteiger partial charge in [0.05, 0.1) is 26.9 Å². The van der Waals surface area contributed by atoms with Gasteiger partial charge < -0.3 is 9.47 Å². The van der Waals surface area contributed by atoms with E-state index in [0.717, 1.165) is 10.2 Å². The summed E-state index contributed by atoms with van der Waals surface area (Å²) in [5.74, 6) is -1.10. The normalized spacial score (nSPS) is 11.0. The largest absolute Gasteiger partial charge is 0.469 e. The summed E-state index contributed by atoms with van der Waals surface area (Å²) in [5.41, 5.74) is 0.493. The van der Waals surface area contributed by atoms with Crippen LogP contribution in [0.25, 0.3) is 0 Å². The minimum atomic E-state index is -3.72. The lowest BCUT2D eigenvalue weighted by Crippen LogP contribution is -2.14. The van der Waals surface area contributed by atoms with E-state index in [4.69, 9.17) is 0 Å². The fourth-order valence-corrected chi connectivity index (χ4v) is 2.79. The van der Waals surface area contributed by atoms with Gasteiger partial charge in [0.25, 0.3) is 0 Å². The Morgan fingerprint density at radius 1 is 1.23 bits per heavy atom. The van der Waals surface area contributed by atoms with Crippen molar-refractivity contribution in [3.05, 3.63) is 23.0 Å². The zero-order valence-corrected chi connectivity index (χ0v) is 13.3. The topological polar surface area (TPSA) is 109 Å². The van der Waals surface area contributed by atoms with Crippen molar-refractivity contribution in [1.29, 1.82) is 0 Å². The van der Waals surface area contributed by atoms with Gasteiger partial charge in [-0.1, -0.05) is 0 Å². The number of rotatable bonds is 7. The van der Waals surface area contributed by atoms with Crippen LogP contribution in [0.1, 0.15) is 28.0 Å². The molecule has 0 spiro atoms. The Balaban J connectivity index is 3.33. The molecule has 0 atom stereocenters. The molecule has 1 aromatic heterocycles. The molecule has 0 fully saturated rings. The van der Waals surface area contributed by atoms with Crippen molar-refractivity contribution in [2.24, 2.45) is 0 Å². The Morgan fingerprint density at radius 3 is 2.27 bits per heavy atom. The fraction of sp³-hybridized carbons (Fsp3) is 0.462. The van der Waals surface area contributed by atoms with E-state index in [0.29, 0.717) is 11.8 Å². The predicted molar refractivity (Wildman–Crippen MR) is 76.1 cm³/mol. The maximum atomic E-state index is 11.7. The molecule has 0 radical (unpaired) electrons. The number of hydrogen-bond donors (Lipinski definition) is 0. The van der Waals surface area contributed by atoms with Crippen molar-refractivity contribution in [1.82, 2.24) is 3.97 Å². The maximum Gasteiger partial charge on any atom is 0.310 e. The first-order valence-electron chi connectivity index (χ1n) is 6.27. The number of aromatic nitrogens is 1. The molecule has 0 aromatic carbocycles. The molecule has 0 N–H and O–H groups in total. The van der Waals surface area contributed by atoms with Crippen LogP contribution in [0.5, 0.6) is 0 Å². The van der Waals surface area contributed by atoms with Gasteiger partial charge >= 0.3 is 11.9 Å². The Bertz CT molecular complexity index is 687. The molecule has 8 nitrogen and oxygen atoms in total. The lowest BCUT2D eigenvalue weighted by molar-refractivity contribution is -0.140. The van der Waals surface area contributed by atoms with Gasteiger partial charge in [-0.05, 0) is 17.5 Å². The summed E-state index contributed by atoms with van der Waals surface area (Å²) in [5, 5.41) is 0. The zero-order valence-electron chi connectivity index (χ0n) is 12.5. The summed E-state index contributed by atoms with van der Waals surface area (Å²) < 4.78 is 33.3.